The SMILES string of the molecule is Cc1nc(=O)nc(N)c2c(N)n(-c3ccc(Cl)cc3)nc12. The molecule has 0 atom stereocenters. The summed E-state index contributed by atoms with van der Waals surface area (Å²) in [6.07, 6.45) is 0. The molecule has 1 aromatic carbocycles. The quantitative estimate of drug-likeness (QED) is 0.700. The second-order valence-corrected chi connectivity index (χ2v) is 4.91. The van der Waals surface area contributed by atoms with Crippen molar-refractivity contribution in [2.75, 3.05) is 11.5 Å². The highest BCUT2D eigenvalue weighted by molar-refractivity contribution is 6.30. The number of halogens is 1. The number of nitrogens with zero attached hydrogens (tertiary/aromatic N) is 4. The number of nitrogen functional groups attached to an aromatic ring is 2. The molecule has 2 aromatic heterocycles. The molecule has 0 fully saturated rings. The van der Waals surface area contributed by atoms with Gasteiger partial charge in [-0.1, -0.05) is 11.6 Å². The van der Waals surface area contributed by atoms with Crippen molar-refractivity contribution in [1.82, 2.24) is 19.7 Å². The van der Waals surface area contributed by atoms with Crippen LogP contribution in [0.2, 0.25) is 5.02 Å². The zero-order valence-electron chi connectivity index (χ0n) is 11.0. The molecule has 0 saturated carbocycles. The first-order valence-corrected chi connectivity index (χ1v) is 6.44. The lowest BCUT2D eigenvalue weighted by atomic mass is 10.3. The van der Waals surface area contributed by atoms with Crippen LogP contribution in [0.15, 0.2) is 29.1 Å². The van der Waals surface area contributed by atoms with Gasteiger partial charge in [0, 0.05) is 5.02 Å². The maximum Gasteiger partial charge on any atom is 0.369 e. The molecular formula is C13H11ClN6O. The third-order valence-electron chi connectivity index (χ3n) is 3.07. The van der Waals surface area contributed by atoms with Crippen LogP contribution in [0.5, 0.6) is 0 Å². The van der Waals surface area contributed by atoms with Gasteiger partial charge in [0.15, 0.2) is 0 Å². The van der Waals surface area contributed by atoms with E-state index in [9.17, 15) is 4.79 Å². The number of hydrogen-bond donors (Lipinski definition) is 2. The van der Waals surface area contributed by atoms with E-state index >= 15 is 0 Å². The van der Waals surface area contributed by atoms with Gasteiger partial charge in [-0.15, -0.1) is 0 Å². The molecule has 3 rings (SSSR count). The Kier molecular flexibility index (Phi) is 2.99. The molecular weight excluding hydrogens is 292 g/mol. The van der Waals surface area contributed by atoms with Gasteiger partial charge in [0.2, 0.25) is 0 Å². The van der Waals surface area contributed by atoms with Crippen LogP contribution in [0.1, 0.15) is 5.69 Å². The number of anilines is 2. The Bertz CT molecular complexity index is 903. The number of aromatic nitrogens is 4. The van der Waals surface area contributed by atoms with E-state index in [-0.39, 0.29) is 11.6 Å². The number of benzene rings is 1. The van der Waals surface area contributed by atoms with Crippen LogP contribution in [0.4, 0.5) is 11.6 Å². The van der Waals surface area contributed by atoms with E-state index in [4.69, 9.17) is 23.1 Å². The number of hydrogen-bond acceptors (Lipinski definition) is 6. The van der Waals surface area contributed by atoms with E-state index < -0.39 is 5.69 Å². The van der Waals surface area contributed by atoms with Crippen LogP contribution in [-0.2, 0) is 0 Å². The molecule has 3 aromatic rings. The van der Waals surface area contributed by atoms with Crippen LogP contribution in [0.25, 0.3) is 16.6 Å². The molecule has 0 aliphatic carbocycles. The van der Waals surface area contributed by atoms with Crippen molar-refractivity contribution in [3.8, 4) is 5.69 Å². The van der Waals surface area contributed by atoms with Crippen LogP contribution >= 0.6 is 11.6 Å². The van der Waals surface area contributed by atoms with Crippen molar-refractivity contribution in [2.45, 2.75) is 6.92 Å². The lowest BCUT2D eigenvalue weighted by molar-refractivity contribution is 0.902. The van der Waals surface area contributed by atoms with Crippen LogP contribution < -0.4 is 17.2 Å². The third kappa shape index (κ3) is 2.17. The number of nitrogens with two attached hydrogens (primary N) is 2. The van der Waals surface area contributed by atoms with Gasteiger partial charge >= 0.3 is 5.69 Å². The normalized spacial score (nSPS) is 11.0. The summed E-state index contributed by atoms with van der Waals surface area (Å²) in [5, 5.41) is 5.40. The van der Waals surface area contributed by atoms with Crippen molar-refractivity contribution >= 4 is 34.1 Å². The second kappa shape index (κ2) is 4.71. The highest BCUT2D eigenvalue weighted by Gasteiger charge is 2.15. The number of aryl methyl sites for hydroxylation is 1. The minimum absolute atomic E-state index is 0.00770. The zero-order valence-corrected chi connectivity index (χ0v) is 11.8. The summed E-state index contributed by atoms with van der Waals surface area (Å²) in [5.41, 5.74) is 12.8. The van der Waals surface area contributed by atoms with E-state index in [0.717, 1.165) is 5.69 Å². The highest BCUT2D eigenvalue weighted by Crippen LogP contribution is 2.27. The lowest BCUT2D eigenvalue weighted by Gasteiger charge is -2.03. The minimum atomic E-state index is -0.666. The van der Waals surface area contributed by atoms with Crippen molar-refractivity contribution in [3.05, 3.63) is 45.5 Å². The molecule has 0 bridgehead atoms. The maximum atomic E-state index is 11.4. The van der Waals surface area contributed by atoms with Crippen LogP contribution in [0.3, 0.4) is 0 Å². The third-order valence-corrected chi connectivity index (χ3v) is 3.32. The Morgan fingerprint density at radius 2 is 1.81 bits per heavy atom. The summed E-state index contributed by atoms with van der Waals surface area (Å²) in [6, 6.07) is 7.00. The Morgan fingerprint density at radius 1 is 1.14 bits per heavy atom. The minimum Gasteiger partial charge on any atom is -0.383 e. The van der Waals surface area contributed by atoms with E-state index in [1.807, 2.05) is 0 Å². The Labute approximate surface area is 124 Å². The van der Waals surface area contributed by atoms with E-state index in [2.05, 4.69) is 15.1 Å². The van der Waals surface area contributed by atoms with Gasteiger partial charge in [-0.05, 0) is 31.2 Å². The predicted molar refractivity (Wildman–Crippen MR) is 81.5 cm³/mol. The molecule has 0 unspecified atom stereocenters. The van der Waals surface area contributed by atoms with E-state index in [0.29, 0.717) is 21.6 Å². The molecule has 4 N–H and O–H groups in total. The van der Waals surface area contributed by atoms with Crippen LogP contribution in [0, 0.1) is 6.92 Å². The van der Waals surface area contributed by atoms with Crippen molar-refractivity contribution in [2.24, 2.45) is 0 Å². The molecule has 0 amide bonds. The van der Waals surface area contributed by atoms with Crippen molar-refractivity contribution < 1.29 is 0 Å². The summed E-state index contributed by atoms with van der Waals surface area (Å²) in [5.74, 6) is 0.297. The highest BCUT2D eigenvalue weighted by atomic mass is 35.5. The Hall–Kier alpha value is -2.67. The van der Waals surface area contributed by atoms with Gasteiger partial charge in [0.25, 0.3) is 0 Å². The summed E-state index contributed by atoms with van der Waals surface area (Å²) in [7, 11) is 0. The van der Waals surface area contributed by atoms with Crippen LogP contribution in [-0.4, -0.2) is 19.7 Å². The van der Waals surface area contributed by atoms with Gasteiger partial charge in [0.05, 0.1) is 16.8 Å². The molecule has 7 nitrogen and oxygen atoms in total. The molecule has 8 heteroatoms. The second-order valence-electron chi connectivity index (χ2n) is 4.47. The molecule has 0 spiro atoms. The Balaban J connectivity index is 2.38. The summed E-state index contributed by atoms with van der Waals surface area (Å²) in [6.45, 7) is 1.66. The average molecular weight is 303 g/mol. The molecule has 0 aliphatic rings. The molecule has 0 saturated heterocycles. The first-order valence-electron chi connectivity index (χ1n) is 6.06. The summed E-state index contributed by atoms with van der Waals surface area (Å²) in [4.78, 5) is 18.9. The van der Waals surface area contributed by atoms with Gasteiger partial charge in [-0.25, -0.2) is 9.48 Å². The predicted octanol–water partition coefficient (Wildman–Crippen LogP) is 1.30. The lowest BCUT2D eigenvalue weighted by Crippen LogP contribution is -2.09. The maximum absolute atomic E-state index is 11.4. The van der Waals surface area contributed by atoms with Gasteiger partial charge < -0.3 is 11.5 Å². The van der Waals surface area contributed by atoms with Gasteiger partial charge in [-0.3, -0.25) is 0 Å². The first kappa shape index (κ1) is 13.3. The average Bonchev–Trinajstić information content (AvgIpc) is 2.72. The standard InChI is InChI=1S/C13H11ClN6O/c1-6-10-9(11(15)18-13(21)17-6)12(16)20(19-10)8-4-2-7(14)3-5-8/h2-5H,16H2,1H3,(H2,15,18,21). The fourth-order valence-electron chi connectivity index (χ4n) is 2.10. The summed E-state index contributed by atoms with van der Waals surface area (Å²) < 4.78 is 1.51. The first-order chi connectivity index (χ1) is 9.97. The monoisotopic (exact) mass is 302 g/mol. The number of fused-ring (bicyclic) bond motifs is 1. The molecule has 0 aliphatic heterocycles. The van der Waals surface area contributed by atoms with Crippen molar-refractivity contribution in [3.63, 3.8) is 0 Å². The summed E-state index contributed by atoms with van der Waals surface area (Å²) >= 11 is 5.87. The fraction of sp³-hybridized carbons (Fsp3) is 0.0769. The van der Waals surface area contributed by atoms with E-state index in [1.165, 1.54) is 4.68 Å². The van der Waals surface area contributed by atoms with Gasteiger partial charge in [-0.2, -0.15) is 15.1 Å². The topological polar surface area (TPSA) is 113 Å². The molecule has 106 valence electrons. The zero-order chi connectivity index (χ0) is 15.1. The van der Waals surface area contributed by atoms with Gasteiger partial charge in [0.1, 0.15) is 17.2 Å². The Morgan fingerprint density at radius 3 is 2.48 bits per heavy atom. The largest absolute Gasteiger partial charge is 0.383 e. The molecule has 2 heterocycles. The fourth-order valence-corrected chi connectivity index (χ4v) is 2.22. The molecule has 0 radical (unpaired) electrons. The molecule has 21 heavy (non-hydrogen) atoms. The smallest absolute Gasteiger partial charge is 0.369 e. The number of rotatable bonds is 1. The van der Waals surface area contributed by atoms with Crippen molar-refractivity contribution in [1.29, 1.82) is 0 Å². The van der Waals surface area contributed by atoms with E-state index in [1.54, 1.807) is 31.2 Å².